The van der Waals surface area contributed by atoms with Gasteiger partial charge in [-0.1, -0.05) is 54.2 Å². The molecule has 0 spiro atoms. The monoisotopic (exact) mass is 525 g/mol. The summed E-state index contributed by atoms with van der Waals surface area (Å²) in [6, 6.07) is 19.6. The summed E-state index contributed by atoms with van der Waals surface area (Å²) >= 11 is 1.31. The zero-order valence-electron chi connectivity index (χ0n) is 21.1. The van der Waals surface area contributed by atoms with Crippen molar-refractivity contribution in [2.75, 3.05) is 12.3 Å². The summed E-state index contributed by atoms with van der Waals surface area (Å²) in [6.07, 6.45) is 0.240. The molecule has 0 amide bonds. The molecule has 2 heterocycles. The van der Waals surface area contributed by atoms with E-state index in [0.717, 1.165) is 22.4 Å². The van der Waals surface area contributed by atoms with Crippen molar-refractivity contribution >= 4 is 17.6 Å². The lowest BCUT2D eigenvalue weighted by atomic mass is 9.95. The first-order chi connectivity index (χ1) is 18.4. The van der Waals surface area contributed by atoms with Gasteiger partial charge in [-0.15, -0.1) is 0 Å². The van der Waals surface area contributed by atoms with Crippen LogP contribution >= 0.6 is 11.8 Å². The number of anilines is 1. The lowest BCUT2D eigenvalue weighted by molar-refractivity contribution is 0.0886. The van der Waals surface area contributed by atoms with E-state index in [-0.39, 0.29) is 23.6 Å². The number of aromatic nitrogens is 2. The van der Waals surface area contributed by atoms with E-state index >= 15 is 0 Å². The molecule has 9 heteroatoms. The number of hydrogen-bond donors (Lipinski definition) is 3. The van der Waals surface area contributed by atoms with E-state index in [2.05, 4.69) is 22.1 Å². The molecule has 0 saturated heterocycles. The Labute approximate surface area is 225 Å². The van der Waals surface area contributed by atoms with E-state index in [1.807, 2.05) is 62.4 Å². The quantitative estimate of drug-likeness (QED) is 0.258. The number of aryl methyl sites for hydroxylation is 3. The van der Waals surface area contributed by atoms with E-state index < -0.39 is 6.10 Å². The number of benzene rings is 2. The molecule has 38 heavy (non-hydrogen) atoms. The summed E-state index contributed by atoms with van der Waals surface area (Å²) < 4.78 is 5.93. The number of nitriles is 2. The van der Waals surface area contributed by atoms with Crippen molar-refractivity contribution in [2.45, 2.75) is 43.6 Å². The average Bonchev–Trinajstić information content (AvgIpc) is 3.30. The van der Waals surface area contributed by atoms with Crippen molar-refractivity contribution in [3.05, 3.63) is 82.2 Å². The Hall–Kier alpha value is -4.15. The number of hydrogen-bond acceptors (Lipinski definition) is 9. The molecule has 2 aromatic carbocycles. The molecular formula is C29H27N5O3S. The molecule has 2 aromatic heterocycles. The highest BCUT2D eigenvalue weighted by molar-refractivity contribution is 7.98. The molecular weight excluding hydrogens is 498 g/mol. The van der Waals surface area contributed by atoms with Crippen LogP contribution in [-0.2, 0) is 12.2 Å². The van der Waals surface area contributed by atoms with Gasteiger partial charge in [-0.2, -0.15) is 10.5 Å². The topological polar surface area (TPSA) is 153 Å². The second kappa shape index (κ2) is 11.9. The van der Waals surface area contributed by atoms with Gasteiger partial charge in [0.1, 0.15) is 34.3 Å². The lowest BCUT2D eigenvalue weighted by Crippen LogP contribution is -2.12. The van der Waals surface area contributed by atoms with Crippen LogP contribution in [0.4, 0.5) is 5.82 Å². The van der Waals surface area contributed by atoms with Gasteiger partial charge in [0.25, 0.3) is 0 Å². The molecule has 0 saturated carbocycles. The molecule has 4 aromatic rings. The van der Waals surface area contributed by atoms with Gasteiger partial charge in [-0.25, -0.2) is 9.97 Å². The Balaban J connectivity index is 1.64. The summed E-state index contributed by atoms with van der Waals surface area (Å²) in [6.45, 7) is 3.56. The van der Waals surface area contributed by atoms with Gasteiger partial charge in [0.2, 0.25) is 5.89 Å². The van der Waals surface area contributed by atoms with Crippen molar-refractivity contribution < 1.29 is 14.6 Å². The third-order valence-corrected chi connectivity index (χ3v) is 7.24. The smallest absolute Gasteiger partial charge is 0.226 e. The van der Waals surface area contributed by atoms with Gasteiger partial charge < -0.3 is 20.4 Å². The number of nitrogens with zero attached hydrogens (tertiary/aromatic N) is 4. The largest absolute Gasteiger partial charge is 0.441 e. The summed E-state index contributed by atoms with van der Waals surface area (Å²) in [5.41, 5.74) is 11.4. The van der Waals surface area contributed by atoms with Crippen LogP contribution < -0.4 is 5.73 Å². The minimum absolute atomic E-state index is 0.0524. The van der Waals surface area contributed by atoms with Crippen molar-refractivity contribution in [2.24, 2.45) is 0 Å². The Morgan fingerprint density at radius 1 is 1.03 bits per heavy atom. The van der Waals surface area contributed by atoms with Crippen molar-refractivity contribution in [3.8, 4) is 34.7 Å². The van der Waals surface area contributed by atoms with Crippen LogP contribution in [0.5, 0.6) is 0 Å². The van der Waals surface area contributed by atoms with Gasteiger partial charge in [-0.05, 0) is 49.4 Å². The number of nitrogens with two attached hydrogens (primary N) is 1. The van der Waals surface area contributed by atoms with Crippen LogP contribution in [0.15, 0.2) is 58.0 Å². The second-order valence-corrected chi connectivity index (χ2v) is 9.81. The van der Waals surface area contributed by atoms with Crippen molar-refractivity contribution in [1.29, 1.82) is 10.5 Å². The van der Waals surface area contributed by atoms with Crippen LogP contribution in [0.2, 0.25) is 0 Å². The van der Waals surface area contributed by atoms with Crippen LogP contribution in [-0.4, -0.2) is 32.9 Å². The first-order valence-corrected chi connectivity index (χ1v) is 13.0. The van der Waals surface area contributed by atoms with Gasteiger partial charge in [-0.3, -0.25) is 0 Å². The van der Waals surface area contributed by atoms with Crippen LogP contribution in [0.3, 0.4) is 0 Å². The molecule has 0 fully saturated rings. The third-order valence-electron chi connectivity index (χ3n) is 6.25. The highest BCUT2D eigenvalue weighted by Crippen LogP contribution is 2.37. The van der Waals surface area contributed by atoms with Gasteiger partial charge in [0.05, 0.1) is 24.0 Å². The number of aliphatic hydroxyl groups excluding tert-OH is 2. The van der Waals surface area contributed by atoms with Gasteiger partial charge >= 0.3 is 0 Å². The van der Waals surface area contributed by atoms with Crippen LogP contribution in [0.25, 0.3) is 22.6 Å². The Bertz CT molecular complexity index is 1530. The Kier molecular flexibility index (Phi) is 8.45. The number of nitrogen functional groups attached to an aromatic ring is 1. The Morgan fingerprint density at radius 3 is 2.39 bits per heavy atom. The van der Waals surface area contributed by atoms with Gasteiger partial charge in [0.15, 0.2) is 0 Å². The summed E-state index contributed by atoms with van der Waals surface area (Å²) in [7, 11) is 0. The van der Waals surface area contributed by atoms with Crippen molar-refractivity contribution in [3.63, 3.8) is 0 Å². The molecule has 0 radical (unpaired) electrons. The second-order valence-electron chi connectivity index (χ2n) is 8.85. The zero-order chi connectivity index (χ0) is 27.2. The summed E-state index contributed by atoms with van der Waals surface area (Å²) in [5.74, 6) is 1.67. The molecule has 4 rings (SSSR count). The van der Waals surface area contributed by atoms with Crippen LogP contribution in [0, 0.1) is 36.5 Å². The number of oxazole rings is 1. The molecule has 0 bridgehead atoms. The lowest BCUT2D eigenvalue weighted by Gasteiger charge is -2.13. The predicted octanol–water partition coefficient (Wildman–Crippen LogP) is 4.92. The molecule has 0 aliphatic heterocycles. The number of thioether (sulfide) groups is 1. The minimum Gasteiger partial charge on any atom is -0.441 e. The highest BCUT2D eigenvalue weighted by Gasteiger charge is 2.22. The fraction of sp³-hybridized carbons (Fsp3) is 0.241. The summed E-state index contributed by atoms with van der Waals surface area (Å²) in [4.78, 5) is 9.06. The molecule has 4 N–H and O–H groups in total. The first-order valence-electron chi connectivity index (χ1n) is 12.0. The molecule has 1 atom stereocenters. The molecule has 8 nitrogen and oxygen atoms in total. The SMILES string of the molecule is Cc1ccccc1-c1nc(CSc2nc(N)c(C#N)c(-c3ccc(CC[C@@H](O)CO)cc3)c2C#N)c(C)o1. The predicted molar refractivity (Wildman–Crippen MR) is 146 cm³/mol. The summed E-state index contributed by atoms with van der Waals surface area (Å²) in [5, 5.41) is 39.0. The standard InChI is InChI=1S/C29H27N5O3S/c1-17-5-3-4-6-22(17)28-33-25(18(2)37-28)16-38-29-24(14-31)26(23(13-30)27(32)34-29)20-10-7-19(8-11-20)9-12-21(36)15-35/h3-8,10-11,21,35-36H,9,12,15-16H2,1-2H3,(H2,32,34)/t21-/m1/s1. The number of pyridine rings is 1. The van der Waals surface area contributed by atoms with E-state index in [1.165, 1.54) is 11.8 Å². The molecule has 0 unspecified atom stereocenters. The molecule has 0 aliphatic rings. The Morgan fingerprint density at radius 2 is 1.74 bits per heavy atom. The molecule has 0 aliphatic carbocycles. The average molecular weight is 526 g/mol. The van der Waals surface area contributed by atoms with Gasteiger partial charge in [0, 0.05) is 16.9 Å². The minimum atomic E-state index is -0.772. The number of rotatable bonds is 9. The van der Waals surface area contributed by atoms with Crippen LogP contribution in [0.1, 0.15) is 40.1 Å². The van der Waals surface area contributed by atoms with E-state index in [9.17, 15) is 15.6 Å². The maximum atomic E-state index is 10.1. The zero-order valence-corrected chi connectivity index (χ0v) is 21.9. The number of aliphatic hydroxyl groups is 2. The van der Waals surface area contributed by atoms with E-state index in [1.54, 1.807) is 0 Å². The maximum Gasteiger partial charge on any atom is 0.226 e. The fourth-order valence-electron chi connectivity index (χ4n) is 4.08. The van der Waals surface area contributed by atoms with Crippen molar-refractivity contribution in [1.82, 2.24) is 9.97 Å². The fourth-order valence-corrected chi connectivity index (χ4v) is 5.08. The molecule has 192 valence electrons. The first kappa shape index (κ1) is 26.9. The van der Waals surface area contributed by atoms with E-state index in [4.69, 9.17) is 15.3 Å². The normalized spacial score (nSPS) is 11.6. The highest BCUT2D eigenvalue weighted by atomic mass is 32.2. The maximum absolute atomic E-state index is 10.1. The third kappa shape index (κ3) is 5.71. The van der Waals surface area contributed by atoms with E-state index in [0.29, 0.717) is 46.4 Å².